The summed E-state index contributed by atoms with van der Waals surface area (Å²) in [6.45, 7) is 2.78. The Morgan fingerprint density at radius 2 is 2.29 bits per heavy atom. The van der Waals surface area contributed by atoms with Crippen LogP contribution in [0.15, 0.2) is 17.3 Å². The van der Waals surface area contributed by atoms with Gasteiger partial charge in [0.15, 0.2) is 5.84 Å². The van der Waals surface area contributed by atoms with E-state index in [1.165, 1.54) is 0 Å². The van der Waals surface area contributed by atoms with E-state index < -0.39 is 0 Å². The summed E-state index contributed by atoms with van der Waals surface area (Å²) >= 11 is 1.77. The summed E-state index contributed by atoms with van der Waals surface area (Å²) in [4.78, 5) is 6.45. The quantitative estimate of drug-likeness (QED) is 0.358. The third-order valence-electron chi connectivity index (χ3n) is 2.39. The largest absolute Gasteiger partial charge is 0.409 e. The van der Waals surface area contributed by atoms with Crippen LogP contribution in [0.2, 0.25) is 0 Å². The summed E-state index contributed by atoms with van der Waals surface area (Å²) in [7, 11) is 1.95. The maximum atomic E-state index is 8.75. The van der Waals surface area contributed by atoms with E-state index in [-0.39, 0.29) is 5.84 Å². The van der Waals surface area contributed by atoms with Crippen molar-refractivity contribution in [2.75, 3.05) is 30.5 Å². The number of nitrogens with zero attached hydrogens (tertiary/aromatic N) is 3. The highest BCUT2D eigenvalue weighted by Gasteiger charge is 2.12. The second-order valence-corrected chi connectivity index (χ2v) is 4.71. The lowest BCUT2D eigenvalue weighted by molar-refractivity contribution is 0.318. The van der Waals surface area contributed by atoms with Crippen molar-refractivity contribution in [1.29, 1.82) is 0 Å². The van der Waals surface area contributed by atoms with Gasteiger partial charge in [0.1, 0.15) is 5.82 Å². The van der Waals surface area contributed by atoms with E-state index in [1.54, 1.807) is 11.8 Å². The van der Waals surface area contributed by atoms with Crippen molar-refractivity contribution < 1.29 is 5.21 Å². The fourth-order valence-electron chi connectivity index (χ4n) is 1.42. The minimum absolute atomic E-state index is 0.0866. The Labute approximate surface area is 106 Å². The van der Waals surface area contributed by atoms with E-state index in [1.807, 2.05) is 31.0 Å². The van der Waals surface area contributed by atoms with Gasteiger partial charge in [0.25, 0.3) is 0 Å². The molecule has 0 unspecified atom stereocenters. The second kappa shape index (κ2) is 6.34. The van der Waals surface area contributed by atoms with Crippen molar-refractivity contribution in [2.24, 2.45) is 10.9 Å². The monoisotopic (exact) mass is 254 g/mol. The molecule has 94 valence electrons. The van der Waals surface area contributed by atoms with Gasteiger partial charge in [0, 0.05) is 25.0 Å². The van der Waals surface area contributed by atoms with Crippen LogP contribution in [0.4, 0.5) is 5.82 Å². The van der Waals surface area contributed by atoms with Gasteiger partial charge in [-0.05, 0) is 25.3 Å². The molecule has 1 aromatic rings. The van der Waals surface area contributed by atoms with Crippen molar-refractivity contribution >= 4 is 23.4 Å². The van der Waals surface area contributed by atoms with Gasteiger partial charge in [-0.3, -0.25) is 0 Å². The highest BCUT2D eigenvalue weighted by molar-refractivity contribution is 7.98. The maximum absolute atomic E-state index is 8.75. The Hall–Kier alpha value is -1.43. The first-order valence-electron chi connectivity index (χ1n) is 5.25. The highest BCUT2D eigenvalue weighted by Crippen LogP contribution is 2.17. The van der Waals surface area contributed by atoms with Crippen molar-refractivity contribution in [3.05, 3.63) is 23.4 Å². The maximum Gasteiger partial charge on any atom is 0.173 e. The Morgan fingerprint density at radius 1 is 1.59 bits per heavy atom. The molecule has 1 rings (SSSR count). The van der Waals surface area contributed by atoms with Gasteiger partial charge in [0.05, 0.1) is 5.56 Å². The van der Waals surface area contributed by atoms with Gasteiger partial charge >= 0.3 is 0 Å². The fraction of sp³-hybridized carbons (Fsp3) is 0.455. The molecule has 5 nitrogen and oxygen atoms in total. The third-order valence-corrected chi connectivity index (χ3v) is 2.98. The number of nitrogens with two attached hydrogens (primary N) is 1. The van der Waals surface area contributed by atoms with E-state index in [9.17, 15) is 0 Å². The number of aromatic nitrogens is 1. The smallest absolute Gasteiger partial charge is 0.173 e. The molecule has 17 heavy (non-hydrogen) atoms. The normalized spacial score (nSPS) is 11.6. The second-order valence-electron chi connectivity index (χ2n) is 3.72. The summed E-state index contributed by atoms with van der Waals surface area (Å²) in [6, 6.07) is 3.67. The standard InChI is InChI=1S/C11H18N4OS/c1-8-4-5-9(10(12)14-16)11(13-8)15(2)6-7-17-3/h4-5,16H,6-7H2,1-3H3,(H2,12,14). The first-order valence-corrected chi connectivity index (χ1v) is 6.65. The molecule has 0 saturated carbocycles. The van der Waals surface area contributed by atoms with Gasteiger partial charge in [-0.15, -0.1) is 0 Å². The van der Waals surface area contributed by atoms with Gasteiger partial charge in [0.2, 0.25) is 0 Å². The molecule has 0 amide bonds. The predicted octanol–water partition coefficient (Wildman–Crippen LogP) is 1.28. The van der Waals surface area contributed by atoms with Crippen LogP contribution in [-0.2, 0) is 0 Å². The zero-order valence-corrected chi connectivity index (χ0v) is 11.2. The molecule has 0 aliphatic rings. The zero-order chi connectivity index (χ0) is 12.8. The van der Waals surface area contributed by atoms with E-state index in [4.69, 9.17) is 10.9 Å². The molecule has 0 aliphatic carbocycles. The minimum atomic E-state index is 0.0866. The van der Waals surface area contributed by atoms with Crippen LogP contribution in [0.25, 0.3) is 0 Å². The molecular weight excluding hydrogens is 236 g/mol. The van der Waals surface area contributed by atoms with Crippen molar-refractivity contribution in [3.63, 3.8) is 0 Å². The minimum Gasteiger partial charge on any atom is -0.409 e. The van der Waals surface area contributed by atoms with Gasteiger partial charge in [-0.2, -0.15) is 11.8 Å². The molecule has 0 saturated heterocycles. The summed E-state index contributed by atoms with van der Waals surface area (Å²) in [6.07, 6.45) is 2.06. The van der Waals surface area contributed by atoms with Crippen LogP contribution < -0.4 is 10.6 Å². The number of rotatable bonds is 5. The molecule has 0 spiro atoms. The van der Waals surface area contributed by atoms with Gasteiger partial charge in [-0.1, -0.05) is 5.16 Å². The number of aryl methyl sites for hydroxylation is 1. The van der Waals surface area contributed by atoms with Gasteiger partial charge < -0.3 is 15.8 Å². The number of oxime groups is 1. The molecule has 0 bridgehead atoms. The molecule has 0 fully saturated rings. The fourth-order valence-corrected chi connectivity index (χ4v) is 1.88. The number of thioether (sulfide) groups is 1. The average Bonchev–Trinajstić information content (AvgIpc) is 2.34. The molecule has 3 N–H and O–H groups in total. The lowest BCUT2D eigenvalue weighted by atomic mass is 10.2. The third kappa shape index (κ3) is 3.52. The Morgan fingerprint density at radius 3 is 2.88 bits per heavy atom. The van der Waals surface area contributed by atoms with Crippen LogP contribution in [0.3, 0.4) is 0 Å². The van der Waals surface area contributed by atoms with Crippen molar-refractivity contribution in [2.45, 2.75) is 6.92 Å². The summed E-state index contributed by atoms with van der Waals surface area (Å²) in [5, 5.41) is 11.8. The predicted molar refractivity (Wildman–Crippen MR) is 73.1 cm³/mol. The highest BCUT2D eigenvalue weighted by atomic mass is 32.2. The van der Waals surface area contributed by atoms with Crippen molar-refractivity contribution in [3.8, 4) is 0 Å². The van der Waals surface area contributed by atoms with Crippen LogP contribution in [-0.4, -0.2) is 41.6 Å². The van der Waals surface area contributed by atoms with Crippen LogP contribution in [0.5, 0.6) is 0 Å². The number of anilines is 1. The Bertz CT molecular complexity index is 408. The zero-order valence-electron chi connectivity index (χ0n) is 10.3. The van der Waals surface area contributed by atoms with E-state index in [0.29, 0.717) is 5.56 Å². The number of pyridine rings is 1. The summed E-state index contributed by atoms with van der Waals surface area (Å²) < 4.78 is 0. The average molecular weight is 254 g/mol. The van der Waals surface area contributed by atoms with E-state index >= 15 is 0 Å². The van der Waals surface area contributed by atoms with Crippen LogP contribution in [0, 0.1) is 6.92 Å². The number of amidine groups is 1. The lowest BCUT2D eigenvalue weighted by Gasteiger charge is -2.20. The van der Waals surface area contributed by atoms with Crippen molar-refractivity contribution in [1.82, 2.24) is 4.98 Å². The van der Waals surface area contributed by atoms with Gasteiger partial charge in [-0.25, -0.2) is 4.98 Å². The molecule has 1 aromatic heterocycles. The molecule has 0 aliphatic heterocycles. The number of hydrogen-bond donors (Lipinski definition) is 2. The SMILES string of the molecule is CSCCN(C)c1nc(C)ccc1/C(N)=N/O. The first kappa shape index (κ1) is 13.6. The van der Waals surface area contributed by atoms with E-state index in [0.717, 1.165) is 23.8 Å². The lowest BCUT2D eigenvalue weighted by Crippen LogP contribution is -2.26. The molecular formula is C11H18N4OS. The van der Waals surface area contributed by atoms with Crippen LogP contribution in [0.1, 0.15) is 11.3 Å². The number of hydrogen-bond acceptors (Lipinski definition) is 5. The molecule has 1 heterocycles. The Kier molecular flexibility index (Phi) is 5.09. The molecule has 0 atom stereocenters. The van der Waals surface area contributed by atoms with Crippen LogP contribution >= 0.6 is 11.8 Å². The summed E-state index contributed by atoms with van der Waals surface area (Å²) in [5.41, 5.74) is 7.20. The Balaban J connectivity index is 3.06. The molecule has 0 radical (unpaired) electrons. The topological polar surface area (TPSA) is 74.7 Å². The first-order chi connectivity index (χ1) is 8.10. The molecule has 6 heteroatoms. The summed E-state index contributed by atoms with van der Waals surface area (Å²) in [5.74, 6) is 1.83. The molecule has 0 aromatic carbocycles. The van der Waals surface area contributed by atoms with E-state index in [2.05, 4.69) is 16.4 Å².